The molecule has 2 N–H and O–H groups in total. The number of hydrogen-bond acceptors (Lipinski definition) is 2. The number of fused-ring (bicyclic) bond motifs is 1. The first kappa shape index (κ1) is 15.0. The topological polar surface area (TPSA) is 52.6 Å². The number of likely N-dealkylation sites (tertiary alicyclic amines) is 1. The molecule has 2 amide bonds. The number of benzene rings is 2. The second kappa shape index (κ2) is 5.60. The SMILES string of the molecule is O=C(Nc1ccc(-c2ccccc2)cc1)N1C[C@@H]2C[C@H]3C[C@H]2[C@H]1[C@H]3O. The zero-order chi connectivity index (χ0) is 17.0. The average Bonchev–Trinajstić information content (AvgIpc) is 3.26. The van der Waals surface area contributed by atoms with Crippen molar-refractivity contribution in [3.05, 3.63) is 54.6 Å². The van der Waals surface area contributed by atoms with Gasteiger partial charge in [0.1, 0.15) is 0 Å². The van der Waals surface area contributed by atoms with E-state index in [2.05, 4.69) is 17.4 Å². The minimum absolute atomic E-state index is 0.0207. The van der Waals surface area contributed by atoms with Crippen LogP contribution in [0.3, 0.4) is 0 Å². The molecular formula is C21H22N2O2. The molecule has 2 saturated carbocycles. The largest absolute Gasteiger partial charge is 0.391 e. The van der Waals surface area contributed by atoms with E-state index in [0.29, 0.717) is 17.8 Å². The van der Waals surface area contributed by atoms with Gasteiger partial charge in [-0.25, -0.2) is 4.79 Å². The molecular weight excluding hydrogens is 312 g/mol. The van der Waals surface area contributed by atoms with E-state index < -0.39 is 0 Å². The molecule has 2 aliphatic carbocycles. The highest BCUT2D eigenvalue weighted by Crippen LogP contribution is 2.54. The second-order valence-corrected chi connectivity index (χ2v) is 7.66. The van der Waals surface area contributed by atoms with Crippen LogP contribution in [0.25, 0.3) is 11.1 Å². The van der Waals surface area contributed by atoms with Crippen molar-refractivity contribution in [3.8, 4) is 11.1 Å². The van der Waals surface area contributed by atoms with Crippen LogP contribution >= 0.6 is 0 Å². The van der Waals surface area contributed by atoms with Crippen LogP contribution < -0.4 is 5.32 Å². The predicted molar refractivity (Wildman–Crippen MR) is 97.1 cm³/mol. The van der Waals surface area contributed by atoms with Crippen LogP contribution in [-0.4, -0.2) is 34.7 Å². The molecule has 0 radical (unpaired) electrons. The van der Waals surface area contributed by atoms with E-state index in [0.717, 1.165) is 36.2 Å². The summed E-state index contributed by atoms with van der Waals surface area (Å²) in [5, 5.41) is 13.4. The lowest BCUT2D eigenvalue weighted by Gasteiger charge is -2.28. The molecule has 1 aliphatic heterocycles. The number of hydrogen-bond donors (Lipinski definition) is 2. The first-order valence-corrected chi connectivity index (χ1v) is 9.12. The summed E-state index contributed by atoms with van der Waals surface area (Å²) in [5.74, 6) is 1.50. The zero-order valence-electron chi connectivity index (χ0n) is 14.0. The Balaban J connectivity index is 1.30. The second-order valence-electron chi connectivity index (χ2n) is 7.66. The monoisotopic (exact) mass is 334 g/mol. The summed E-state index contributed by atoms with van der Waals surface area (Å²) >= 11 is 0. The lowest BCUT2D eigenvalue weighted by molar-refractivity contribution is 0.0631. The molecule has 3 aliphatic rings. The van der Waals surface area contributed by atoms with Crippen LogP contribution in [0.1, 0.15) is 12.8 Å². The number of amides is 2. The van der Waals surface area contributed by atoms with Gasteiger partial charge in [0.2, 0.25) is 0 Å². The summed E-state index contributed by atoms with van der Waals surface area (Å²) in [6.45, 7) is 0.789. The van der Waals surface area contributed by atoms with Gasteiger partial charge in [-0.2, -0.15) is 0 Å². The van der Waals surface area contributed by atoms with Crippen LogP contribution in [0.2, 0.25) is 0 Å². The summed E-state index contributed by atoms with van der Waals surface area (Å²) in [6, 6.07) is 18.1. The molecule has 2 bridgehead atoms. The Labute approximate surface area is 147 Å². The molecule has 2 aromatic carbocycles. The highest BCUT2D eigenvalue weighted by atomic mass is 16.3. The third-order valence-electron chi connectivity index (χ3n) is 6.35. The van der Waals surface area contributed by atoms with Crippen molar-refractivity contribution >= 4 is 11.7 Å². The van der Waals surface area contributed by atoms with Gasteiger partial charge >= 0.3 is 6.03 Å². The molecule has 1 heterocycles. The third-order valence-corrected chi connectivity index (χ3v) is 6.35. The van der Waals surface area contributed by atoms with Gasteiger partial charge in [0.05, 0.1) is 12.1 Å². The number of anilines is 1. The number of urea groups is 1. The van der Waals surface area contributed by atoms with E-state index >= 15 is 0 Å². The summed E-state index contributed by atoms with van der Waals surface area (Å²) in [7, 11) is 0. The highest BCUT2D eigenvalue weighted by molar-refractivity contribution is 5.90. The van der Waals surface area contributed by atoms with Gasteiger partial charge in [-0.05, 0) is 53.9 Å². The van der Waals surface area contributed by atoms with E-state index in [1.165, 1.54) is 0 Å². The Morgan fingerprint density at radius 1 is 0.960 bits per heavy atom. The fourth-order valence-electron chi connectivity index (χ4n) is 5.22. The van der Waals surface area contributed by atoms with E-state index in [1.807, 2.05) is 47.4 Å². The summed E-state index contributed by atoms with van der Waals surface area (Å²) in [5.41, 5.74) is 3.09. The quantitative estimate of drug-likeness (QED) is 0.882. The van der Waals surface area contributed by atoms with Gasteiger partial charge in [-0.1, -0.05) is 42.5 Å². The normalized spacial score (nSPS) is 32.2. The number of carbonyl (C=O) groups is 1. The van der Waals surface area contributed by atoms with Crippen molar-refractivity contribution in [1.29, 1.82) is 0 Å². The lowest BCUT2D eigenvalue weighted by atomic mass is 9.88. The van der Waals surface area contributed by atoms with Crippen LogP contribution in [0, 0.1) is 17.8 Å². The summed E-state index contributed by atoms with van der Waals surface area (Å²) in [4.78, 5) is 14.6. The molecule has 5 rings (SSSR count). The van der Waals surface area contributed by atoms with Gasteiger partial charge in [0, 0.05) is 12.2 Å². The van der Waals surface area contributed by atoms with Crippen molar-refractivity contribution in [3.63, 3.8) is 0 Å². The molecule has 4 heteroatoms. The summed E-state index contributed by atoms with van der Waals surface area (Å²) in [6.07, 6.45) is 1.83. The molecule has 0 unspecified atom stereocenters. The Morgan fingerprint density at radius 2 is 1.68 bits per heavy atom. The maximum absolute atomic E-state index is 12.7. The van der Waals surface area contributed by atoms with Crippen LogP contribution in [-0.2, 0) is 0 Å². The number of aliphatic hydroxyl groups excluding tert-OH is 1. The van der Waals surface area contributed by atoms with E-state index in [1.54, 1.807) is 0 Å². The highest BCUT2D eigenvalue weighted by Gasteiger charge is 2.59. The number of nitrogens with zero attached hydrogens (tertiary/aromatic N) is 1. The van der Waals surface area contributed by atoms with Gasteiger partial charge in [0.15, 0.2) is 0 Å². The van der Waals surface area contributed by atoms with Gasteiger partial charge < -0.3 is 15.3 Å². The van der Waals surface area contributed by atoms with Crippen molar-refractivity contribution in [2.24, 2.45) is 17.8 Å². The number of aliphatic hydroxyl groups is 1. The standard InChI is InChI=1S/C21H22N2O2/c24-20-15-10-16-12-23(19(20)18(16)11-15)21(25)22-17-8-6-14(7-9-17)13-4-2-1-3-5-13/h1-9,15-16,18-20,24H,10-12H2,(H,22,25)/t15-,16-,18+,19-,20-/m0/s1. The van der Waals surface area contributed by atoms with Crippen molar-refractivity contribution in [1.82, 2.24) is 4.90 Å². The average molecular weight is 334 g/mol. The number of rotatable bonds is 2. The fraction of sp³-hybridized carbons (Fsp3) is 0.381. The lowest BCUT2D eigenvalue weighted by Crippen LogP contribution is -2.45. The van der Waals surface area contributed by atoms with Crippen molar-refractivity contribution in [2.75, 3.05) is 11.9 Å². The molecule has 2 aromatic rings. The zero-order valence-corrected chi connectivity index (χ0v) is 14.0. The summed E-state index contributed by atoms with van der Waals surface area (Å²) < 4.78 is 0. The number of carbonyl (C=O) groups excluding carboxylic acids is 1. The molecule has 1 saturated heterocycles. The maximum atomic E-state index is 12.7. The molecule has 0 spiro atoms. The van der Waals surface area contributed by atoms with E-state index in [4.69, 9.17) is 0 Å². The van der Waals surface area contributed by atoms with Crippen molar-refractivity contribution < 1.29 is 9.90 Å². The molecule has 128 valence electrons. The van der Waals surface area contributed by atoms with Crippen LogP contribution in [0.4, 0.5) is 10.5 Å². The Hall–Kier alpha value is -2.33. The molecule has 5 atom stereocenters. The molecule has 0 aromatic heterocycles. The van der Waals surface area contributed by atoms with Gasteiger partial charge in [0.25, 0.3) is 0 Å². The van der Waals surface area contributed by atoms with Gasteiger partial charge in [-0.15, -0.1) is 0 Å². The van der Waals surface area contributed by atoms with Gasteiger partial charge in [-0.3, -0.25) is 0 Å². The molecule has 4 nitrogen and oxygen atoms in total. The van der Waals surface area contributed by atoms with E-state index in [9.17, 15) is 9.90 Å². The minimum atomic E-state index is -0.338. The molecule has 25 heavy (non-hydrogen) atoms. The number of nitrogens with one attached hydrogen (secondary N) is 1. The Bertz CT molecular complexity index is 787. The smallest absolute Gasteiger partial charge is 0.322 e. The molecule has 3 fully saturated rings. The maximum Gasteiger partial charge on any atom is 0.322 e. The van der Waals surface area contributed by atoms with E-state index in [-0.39, 0.29) is 18.2 Å². The first-order chi connectivity index (χ1) is 12.2. The fourth-order valence-corrected chi connectivity index (χ4v) is 5.22. The van der Waals surface area contributed by atoms with Crippen LogP contribution in [0.5, 0.6) is 0 Å². The first-order valence-electron chi connectivity index (χ1n) is 9.12. The third kappa shape index (κ3) is 2.35. The van der Waals surface area contributed by atoms with Crippen LogP contribution in [0.15, 0.2) is 54.6 Å². The predicted octanol–water partition coefficient (Wildman–Crippen LogP) is 3.59. The minimum Gasteiger partial charge on any atom is -0.391 e. The Kier molecular flexibility index (Phi) is 3.35. The van der Waals surface area contributed by atoms with Crippen molar-refractivity contribution in [2.45, 2.75) is 25.0 Å². The Morgan fingerprint density at radius 3 is 2.40 bits per heavy atom.